The minimum Gasteiger partial charge on any atom is -0.482 e. The smallest absolute Gasteiger partial charge is 0.201 e. The second-order valence-electron chi connectivity index (χ2n) is 6.15. The molecule has 2 aliphatic heterocycles. The van der Waals surface area contributed by atoms with Crippen molar-refractivity contribution in [2.24, 2.45) is 4.99 Å². The van der Waals surface area contributed by atoms with Gasteiger partial charge in [0.05, 0.1) is 24.9 Å². The summed E-state index contributed by atoms with van der Waals surface area (Å²) in [6.45, 7) is 2.13. The molecule has 0 amide bonds. The molecular weight excluding hydrogens is 292 g/mol. The Kier molecular flexibility index (Phi) is 3.11. The molecule has 0 spiro atoms. The van der Waals surface area contributed by atoms with Crippen LogP contribution in [0.3, 0.4) is 0 Å². The van der Waals surface area contributed by atoms with Gasteiger partial charge >= 0.3 is 0 Å². The molecule has 118 valence electrons. The number of rotatable bonds is 2. The number of ketones is 2. The highest BCUT2D eigenvalue weighted by atomic mass is 16.5. The molecule has 0 atom stereocenters. The monoisotopic (exact) mass is 310 g/mol. The van der Waals surface area contributed by atoms with Gasteiger partial charge in [0.1, 0.15) is 5.71 Å². The topological polar surface area (TPSA) is 60.7 Å². The summed E-state index contributed by atoms with van der Waals surface area (Å²) in [5, 5.41) is 0. The van der Waals surface area contributed by atoms with E-state index in [1.807, 2.05) is 10.8 Å². The van der Waals surface area contributed by atoms with E-state index in [1.54, 1.807) is 7.11 Å². The maximum absolute atomic E-state index is 12.3. The van der Waals surface area contributed by atoms with Crippen LogP contribution in [0.25, 0.3) is 5.88 Å². The van der Waals surface area contributed by atoms with Gasteiger partial charge in [0.2, 0.25) is 5.88 Å². The summed E-state index contributed by atoms with van der Waals surface area (Å²) in [5.74, 6) is 0.637. The molecule has 0 aromatic carbocycles. The summed E-state index contributed by atoms with van der Waals surface area (Å²) >= 11 is 0. The van der Waals surface area contributed by atoms with Gasteiger partial charge in [-0.1, -0.05) is 12.5 Å². The van der Waals surface area contributed by atoms with E-state index in [-0.39, 0.29) is 11.6 Å². The van der Waals surface area contributed by atoms with Gasteiger partial charge in [0.15, 0.2) is 11.6 Å². The zero-order valence-corrected chi connectivity index (χ0v) is 13.3. The third kappa shape index (κ3) is 2.03. The van der Waals surface area contributed by atoms with E-state index >= 15 is 0 Å². The first kappa shape index (κ1) is 14.2. The molecule has 0 fully saturated rings. The average molecular weight is 310 g/mol. The lowest BCUT2D eigenvalue weighted by atomic mass is 9.83. The molecule has 0 saturated heterocycles. The fourth-order valence-electron chi connectivity index (χ4n) is 3.71. The fraction of sp³-hybridized carbons (Fsp3) is 0.389. The Labute approximate surface area is 134 Å². The standard InChI is InChI=1S/C18H18N2O3/c1-3-10-4-5-15(22)18-13(10)6-11-9-20-14(17(11)19-18)7-12(21)8-16(20)23-2/h8-9H,3-7H2,1-2H3. The lowest BCUT2D eigenvalue weighted by molar-refractivity contribution is -0.114. The lowest BCUT2D eigenvalue weighted by Crippen LogP contribution is -2.26. The minimum absolute atomic E-state index is 0.000932. The van der Waals surface area contributed by atoms with Gasteiger partial charge in [0, 0.05) is 30.7 Å². The number of ether oxygens (including phenoxy) is 1. The molecule has 1 aromatic rings. The van der Waals surface area contributed by atoms with Gasteiger partial charge in [0.25, 0.3) is 0 Å². The Morgan fingerprint density at radius 2 is 2.09 bits per heavy atom. The first-order valence-corrected chi connectivity index (χ1v) is 7.97. The average Bonchev–Trinajstić information content (AvgIpc) is 2.91. The third-order valence-electron chi connectivity index (χ3n) is 4.87. The highest BCUT2D eigenvalue weighted by Crippen LogP contribution is 2.40. The molecule has 0 bridgehead atoms. The Morgan fingerprint density at radius 3 is 2.83 bits per heavy atom. The van der Waals surface area contributed by atoms with E-state index < -0.39 is 0 Å². The van der Waals surface area contributed by atoms with Crippen molar-refractivity contribution in [1.82, 2.24) is 4.57 Å². The van der Waals surface area contributed by atoms with E-state index in [9.17, 15) is 9.59 Å². The molecule has 5 heteroatoms. The number of hydrogen-bond donors (Lipinski definition) is 0. The van der Waals surface area contributed by atoms with Crippen molar-refractivity contribution >= 4 is 28.8 Å². The van der Waals surface area contributed by atoms with Crippen LogP contribution in [0.2, 0.25) is 0 Å². The number of allylic oxidation sites excluding steroid dienone is 3. The van der Waals surface area contributed by atoms with Crippen LogP contribution in [-0.4, -0.2) is 29.0 Å². The second kappa shape index (κ2) is 5.05. The van der Waals surface area contributed by atoms with Crippen LogP contribution >= 0.6 is 0 Å². The molecule has 0 saturated carbocycles. The van der Waals surface area contributed by atoms with Crippen molar-refractivity contribution in [1.29, 1.82) is 0 Å². The molecule has 0 N–H and O–H groups in total. The van der Waals surface area contributed by atoms with E-state index in [0.29, 0.717) is 30.9 Å². The lowest BCUT2D eigenvalue weighted by Gasteiger charge is -2.24. The van der Waals surface area contributed by atoms with Crippen molar-refractivity contribution in [3.8, 4) is 0 Å². The summed E-state index contributed by atoms with van der Waals surface area (Å²) in [7, 11) is 1.56. The summed E-state index contributed by atoms with van der Waals surface area (Å²) < 4.78 is 7.22. The van der Waals surface area contributed by atoms with Crippen LogP contribution in [0.5, 0.6) is 0 Å². The second-order valence-corrected chi connectivity index (χ2v) is 6.15. The molecule has 1 aliphatic carbocycles. The molecule has 23 heavy (non-hydrogen) atoms. The summed E-state index contributed by atoms with van der Waals surface area (Å²) in [6.07, 6.45) is 6.85. The largest absolute Gasteiger partial charge is 0.482 e. The molecule has 3 aliphatic rings. The molecule has 4 rings (SSSR count). The number of fused-ring (bicyclic) bond motifs is 4. The number of aliphatic imine (C=N–C) groups is 1. The van der Waals surface area contributed by atoms with Crippen molar-refractivity contribution in [2.45, 2.75) is 39.0 Å². The Morgan fingerprint density at radius 1 is 1.26 bits per heavy atom. The summed E-state index contributed by atoms with van der Waals surface area (Å²) in [6, 6.07) is 0. The first-order valence-electron chi connectivity index (χ1n) is 7.97. The zero-order valence-electron chi connectivity index (χ0n) is 13.3. The van der Waals surface area contributed by atoms with Crippen LogP contribution in [0.1, 0.15) is 37.4 Å². The predicted molar refractivity (Wildman–Crippen MR) is 86.8 cm³/mol. The normalized spacial score (nSPS) is 19.7. The van der Waals surface area contributed by atoms with Gasteiger partial charge in [-0.3, -0.25) is 14.2 Å². The predicted octanol–water partition coefficient (Wildman–Crippen LogP) is 2.76. The van der Waals surface area contributed by atoms with Gasteiger partial charge in [-0.05, 0) is 18.4 Å². The number of carbonyl (C=O) groups excluding carboxylic acids is 2. The summed E-state index contributed by atoms with van der Waals surface area (Å²) in [5.41, 5.74) is 5.70. The Bertz CT molecular complexity index is 837. The van der Waals surface area contributed by atoms with E-state index in [4.69, 9.17) is 4.74 Å². The molecular formula is C18H18N2O3. The van der Waals surface area contributed by atoms with Gasteiger partial charge in [-0.15, -0.1) is 0 Å². The molecule has 3 heterocycles. The third-order valence-corrected chi connectivity index (χ3v) is 4.87. The van der Waals surface area contributed by atoms with Crippen LogP contribution in [0.4, 0.5) is 5.69 Å². The van der Waals surface area contributed by atoms with Crippen molar-refractivity contribution in [3.05, 3.63) is 34.7 Å². The number of hydrogen-bond acceptors (Lipinski definition) is 4. The minimum atomic E-state index is 0.000932. The number of carbonyl (C=O) groups is 2. The maximum Gasteiger partial charge on any atom is 0.201 e. The quantitative estimate of drug-likeness (QED) is 0.844. The Balaban J connectivity index is 1.91. The fourth-order valence-corrected chi connectivity index (χ4v) is 3.71. The van der Waals surface area contributed by atoms with Crippen molar-refractivity contribution in [3.63, 3.8) is 0 Å². The van der Waals surface area contributed by atoms with Crippen LogP contribution in [0, 0.1) is 0 Å². The Hall–Kier alpha value is -2.43. The van der Waals surface area contributed by atoms with Gasteiger partial charge in [-0.25, -0.2) is 4.99 Å². The number of Topliss-reactive ketones (excluding diaryl/α,β-unsaturated/α-hetero) is 1. The SMILES string of the molecule is CCC1=C2Cc3cn4c(c3N=C2C(=O)CC1)CC(=O)C=C4OC. The number of aromatic nitrogens is 1. The molecule has 0 unspecified atom stereocenters. The van der Waals surface area contributed by atoms with E-state index in [0.717, 1.165) is 35.4 Å². The van der Waals surface area contributed by atoms with Crippen LogP contribution < -0.4 is 0 Å². The molecule has 5 nitrogen and oxygen atoms in total. The van der Waals surface area contributed by atoms with Crippen molar-refractivity contribution < 1.29 is 14.3 Å². The highest BCUT2D eigenvalue weighted by molar-refractivity contribution is 6.48. The van der Waals surface area contributed by atoms with Gasteiger partial charge in [-0.2, -0.15) is 0 Å². The van der Waals surface area contributed by atoms with Crippen LogP contribution in [-0.2, 0) is 27.2 Å². The highest BCUT2D eigenvalue weighted by Gasteiger charge is 2.33. The molecule has 1 aromatic heterocycles. The first-order chi connectivity index (χ1) is 11.1. The van der Waals surface area contributed by atoms with Crippen LogP contribution in [0.15, 0.2) is 28.4 Å². The maximum atomic E-state index is 12.3. The van der Waals surface area contributed by atoms with E-state index in [2.05, 4.69) is 11.9 Å². The molecule has 0 radical (unpaired) electrons. The zero-order chi connectivity index (χ0) is 16.1. The van der Waals surface area contributed by atoms with E-state index in [1.165, 1.54) is 11.6 Å². The number of methoxy groups -OCH3 is 1. The van der Waals surface area contributed by atoms with Gasteiger partial charge < -0.3 is 4.74 Å². The van der Waals surface area contributed by atoms with Crippen molar-refractivity contribution in [2.75, 3.05) is 7.11 Å². The number of nitrogens with zero attached hydrogens (tertiary/aromatic N) is 2. The summed E-state index contributed by atoms with van der Waals surface area (Å²) in [4.78, 5) is 28.9.